The molecule has 0 aromatic heterocycles. The van der Waals surface area contributed by atoms with Gasteiger partial charge in [0.1, 0.15) is 0 Å². The first kappa shape index (κ1) is 18.1. The van der Waals surface area contributed by atoms with E-state index in [1.54, 1.807) is 19.1 Å². The van der Waals surface area contributed by atoms with Crippen molar-refractivity contribution in [3.63, 3.8) is 0 Å². The Balaban J connectivity index is 1.83. The molecule has 0 saturated heterocycles. The molecule has 1 N–H and O–H groups in total. The van der Waals surface area contributed by atoms with E-state index in [2.05, 4.69) is 23.5 Å². The first-order valence-corrected chi connectivity index (χ1v) is 9.17. The SMILES string of the molecule is CCC(NC(=O)c1cccc([N+](=O)[O-])c1C)c1ccc2c(c1)CCCC2. The summed E-state index contributed by atoms with van der Waals surface area (Å²) in [6.45, 7) is 3.65. The number of amides is 1. The number of carbonyl (C=O) groups is 1. The number of rotatable bonds is 5. The Morgan fingerprint density at radius 3 is 2.62 bits per heavy atom. The van der Waals surface area contributed by atoms with Gasteiger partial charge in [0.25, 0.3) is 11.6 Å². The molecule has 5 nitrogen and oxygen atoms in total. The number of benzene rings is 2. The fraction of sp³-hybridized carbons (Fsp3) is 0.381. The van der Waals surface area contributed by atoms with Crippen molar-refractivity contribution in [1.29, 1.82) is 0 Å². The second-order valence-corrected chi connectivity index (χ2v) is 6.88. The lowest BCUT2D eigenvalue weighted by atomic mass is 9.88. The predicted octanol–water partition coefficient (Wildman–Crippen LogP) is 4.66. The maximum absolute atomic E-state index is 12.7. The molecule has 1 atom stereocenters. The Kier molecular flexibility index (Phi) is 5.35. The number of aryl methyl sites for hydroxylation is 2. The van der Waals surface area contributed by atoms with Crippen LogP contribution < -0.4 is 5.32 Å². The lowest BCUT2D eigenvalue weighted by Crippen LogP contribution is -2.29. The van der Waals surface area contributed by atoms with E-state index in [4.69, 9.17) is 0 Å². The molecule has 1 amide bonds. The summed E-state index contributed by atoms with van der Waals surface area (Å²) >= 11 is 0. The van der Waals surface area contributed by atoms with E-state index >= 15 is 0 Å². The monoisotopic (exact) mass is 352 g/mol. The molecule has 2 aromatic carbocycles. The Labute approximate surface area is 153 Å². The fourth-order valence-electron chi connectivity index (χ4n) is 3.69. The van der Waals surface area contributed by atoms with E-state index < -0.39 is 4.92 Å². The smallest absolute Gasteiger partial charge is 0.273 e. The van der Waals surface area contributed by atoms with E-state index in [0.717, 1.165) is 24.8 Å². The number of fused-ring (bicyclic) bond motifs is 1. The third-order valence-electron chi connectivity index (χ3n) is 5.24. The highest BCUT2D eigenvalue weighted by Crippen LogP contribution is 2.27. The Bertz CT molecular complexity index is 845. The van der Waals surface area contributed by atoms with Crippen LogP contribution in [0.4, 0.5) is 5.69 Å². The Morgan fingerprint density at radius 2 is 1.92 bits per heavy atom. The van der Waals surface area contributed by atoms with Gasteiger partial charge in [-0.2, -0.15) is 0 Å². The maximum atomic E-state index is 12.7. The number of carbonyl (C=O) groups excluding carboxylic acids is 1. The molecule has 1 unspecified atom stereocenters. The van der Waals surface area contributed by atoms with Crippen LogP contribution in [0.1, 0.15) is 64.8 Å². The average Bonchev–Trinajstić information content (AvgIpc) is 2.65. The highest BCUT2D eigenvalue weighted by Gasteiger charge is 2.21. The summed E-state index contributed by atoms with van der Waals surface area (Å²) in [7, 11) is 0. The van der Waals surface area contributed by atoms with Crippen molar-refractivity contribution in [3.8, 4) is 0 Å². The summed E-state index contributed by atoms with van der Waals surface area (Å²) in [6.07, 6.45) is 5.44. The molecule has 1 aliphatic rings. The third kappa shape index (κ3) is 3.62. The van der Waals surface area contributed by atoms with Gasteiger partial charge in [0, 0.05) is 17.2 Å². The zero-order valence-electron chi connectivity index (χ0n) is 15.2. The average molecular weight is 352 g/mol. The van der Waals surface area contributed by atoms with Gasteiger partial charge in [0.2, 0.25) is 0 Å². The topological polar surface area (TPSA) is 72.2 Å². The third-order valence-corrected chi connectivity index (χ3v) is 5.24. The first-order valence-electron chi connectivity index (χ1n) is 9.17. The fourth-order valence-corrected chi connectivity index (χ4v) is 3.69. The van der Waals surface area contributed by atoms with Crippen LogP contribution in [0.5, 0.6) is 0 Å². The van der Waals surface area contributed by atoms with E-state index in [-0.39, 0.29) is 17.6 Å². The summed E-state index contributed by atoms with van der Waals surface area (Å²) in [5, 5.41) is 14.2. The Hall–Kier alpha value is -2.69. The molecule has 5 heteroatoms. The number of nitrogens with one attached hydrogen (secondary N) is 1. The molecule has 0 fully saturated rings. The molecule has 0 spiro atoms. The molecule has 136 valence electrons. The summed E-state index contributed by atoms with van der Waals surface area (Å²) in [4.78, 5) is 23.4. The Morgan fingerprint density at radius 1 is 1.19 bits per heavy atom. The van der Waals surface area contributed by atoms with E-state index in [9.17, 15) is 14.9 Å². The zero-order chi connectivity index (χ0) is 18.7. The first-order chi connectivity index (χ1) is 12.5. The van der Waals surface area contributed by atoms with E-state index in [1.165, 1.54) is 30.0 Å². The van der Waals surface area contributed by atoms with Crippen molar-refractivity contribution in [3.05, 3.63) is 74.3 Å². The van der Waals surface area contributed by atoms with Crippen LogP contribution in [0.25, 0.3) is 0 Å². The van der Waals surface area contributed by atoms with Gasteiger partial charge < -0.3 is 5.32 Å². The van der Waals surface area contributed by atoms with Gasteiger partial charge in [0.05, 0.1) is 11.0 Å². The van der Waals surface area contributed by atoms with Crippen LogP contribution in [-0.2, 0) is 12.8 Å². The highest BCUT2D eigenvalue weighted by atomic mass is 16.6. The number of nitro groups is 1. The van der Waals surface area contributed by atoms with Gasteiger partial charge in [-0.15, -0.1) is 0 Å². The van der Waals surface area contributed by atoms with Gasteiger partial charge in [-0.25, -0.2) is 0 Å². The predicted molar refractivity (Wildman–Crippen MR) is 101 cm³/mol. The normalized spacial score (nSPS) is 14.4. The minimum Gasteiger partial charge on any atom is -0.345 e. The van der Waals surface area contributed by atoms with Crippen LogP contribution in [0.15, 0.2) is 36.4 Å². The lowest BCUT2D eigenvalue weighted by Gasteiger charge is -2.22. The molecule has 3 rings (SSSR count). The molecule has 1 aliphatic carbocycles. The molecule has 0 heterocycles. The van der Waals surface area contributed by atoms with Crippen molar-refractivity contribution >= 4 is 11.6 Å². The molecule has 0 bridgehead atoms. The van der Waals surface area contributed by atoms with Crippen LogP contribution >= 0.6 is 0 Å². The largest absolute Gasteiger partial charge is 0.345 e. The minimum atomic E-state index is -0.451. The van der Waals surface area contributed by atoms with E-state index in [0.29, 0.717) is 11.1 Å². The lowest BCUT2D eigenvalue weighted by molar-refractivity contribution is -0.385. The molecule has 2 aromatic rings. The zero-order valence-corrected chi connectivity index (χ0v) is 15.2. The van der Waals surface area contributed by atoms with Crippen LogP contribution in [0, 0.1) is 17.0 Å². The number of hydrogen-bond donors (Lipinski definition) is 1. The van der Waals surface area contributed by atoms with Crippen LogP contribution in [0.2, 0.25) is 0 Å². The second kappa shape index (κ2) is 7.68. The maximum Gasteiger partial charge on any atom is 0.273 e. The van der Waals surface area contributed by atoms with Crippen LogP contribution in [-0.4, -0.2) is 10.8 Å². The highest BCUT2D eigenvalue weighted by molar-refractivity contribution is 5.96. The summed E-state index contributed by atoms with van der Waals surface area (Å²) in [5.74, 6) is -0.268. The van der Waals surface area contributed by atoms with Crippen molar-refractivity contribution in [2.24, 2.45) is 0 Å². The van der Waals surface area contributed by atoms with Crippen molar-refractivity contribution in [1.82, 2.24) is 5.32 Å². The second-order valence-electron chi connectivity index (χ2n) is 6.88. The van der Waals surface area contributed by atoms with Gasteiger partial charge in [-0.1, -0.05) is 31.2 Å². The number of nitrogens with zero attached hydrogens (tertiary/aromatic N) is 1. The summed E-state index contributed by atoms with van der Waals surface area (Å²) in [5.41, 5.74) is 4.62. The van der Waals surface area contributed by atoms with Crippen molar-refractivity contribution in [2.45, 2.75) is 52.0 Å². The summed E-state index contributed by atoms with van der Waals surface area (Å²) < 4.78 is 0. The molecular weight excluding hydrogens is 328 g/mol. The standard InChI is InChI=1S/C21H24N2O3/c1-3-19(17-12-11-15-7-4-5-8-16(15)13-17)22-21(24)18-9-6-10-20(14(18)2)23(25)26/h6,9-13,19H,3-5,7-8H2,1-2H3,(H,22,24). The quantitative estimate of drug-likeness (QED) is 0.628. The minimum absolute atomic E-state index is 0.0283. The van der Waals surface area contributed by atoms with Gasteiger partial charge >= 0.3 is 0 Å². The molecule has 26 heavy (non-hydrogen) atoms. The molecule has 0 saturated carbocycles. The number of nitro benzene ring substituents is 1. The van der Waals surface area contributed by atoms with Gasteiger partial charge in [0.15, 0.2) is 0 Å². The van der Waals surface area contributed by atoms with Crippen molar-refractivity contribution in [2.75, 3.05) is 0 Å². The van der Waals surface area contributed by atoms with Gasteiger partial charge in [-0.05, 0) is 61.8 Å². The number of hydrogen-bond acceptors (Lipinski definition) is 3. The summed E-state index contributed by atoms with van der Waals surface area (Å²) in [6, 6.07) is 11.0. The molecule has 0 radical (unpaired) electrons. The van der Waals surface area contributed by atoms with E-state index in [1.807, 2.05) is 6.92 Å². The van der Waals surface area contributed by atoms with Crippen molar-refractivity contribution < 1.29 is 9.72 Å². The van der Waals surface area contributed by atoms with Crippen LogP contribution in [0.3, 0.4) is 0 Å². The molecular formula is C21H24N2O3. The molecule has 0 aliphatic heterocycles. The van der Waals surface area contributed by atoms with Gasteiger partial charge in [-0.3, -0.25) is 14.9 Å².